The van der Waals surface area contributed by atoms with Gasteiger partial charge in [-0.05, 0) is 37.5 Å². The summed E-state index contributed by atoms with van der Waals surface area (Å²) in [5, 5.41) is 9.96. The van der Waals surface area contributed by atoms with E-state index < -0.39 is 35.9 Å². The Morgan fingerprint density at radius 1 is 1.03 bits per heavy atom. The highest BCUT2D eigenvalue weighted by molar-refractivity contribution is 6.30. The molecule has 36 heavy (non-hydrogen) atoms. The first-order valence-corrected chi connectivity index (χ1v) is 11.6. The maximum Gasteiger partial charge on any atom is 0.434 e. The Balaban J connectivity index is 1.61. The minimum absolute atomic E-state index is 0.106. The molecule has 0 aromatic heterocycles. The maximum atomic E-state index is 12.7. The van der Waals surface area contributed by atoms with Gasteiger partial charge in [0.05, 0.1) is 5.41 Å². The SMILES string of the molecule is CC1(C(=O)O)CCN(c2cc(Cl)ccc2CN2CCN(C(=O)OC(C(F)(F)F)C(F)(F)F)CC2)CC1. The number of hydrogen-bond donors (Lipinski definition) is 1. The molecule has 1 aromatic rings. The summed E-state index contributed by atoms with van der Waals surface area (Å²) >= 11 is 6.19. The van der Waals surface area contributed by atoms with Crippen LogP contribution in [0.25, 0.3) is 0 Å². The maximum absolute atomic E-state index is 12.7. The number of carboxylic acids is 1. The molecule has 1 N–H and O–H groups in total. The zero-order valence-electron chi connectivity index (χ0n) is 19.3. The van der Waals surface area contributed by atoms with Gasteiger partial charge < -0.3 is 19.6 Å². The fraction of sp³-hybridized carbons (Fsp3) is 0.636. The molecule has 0 aliphatic carbocycles. The van der Waals surface area contributed by atoms with Crippen molar-refractivity contribution in [1.29, 1.82) is 0 Å². The molecular formula is C22H26ClF6N3O4. The number of nitrogens with zero attached hydrogens (tertiary/aromatic N) is 3. The molecule has 2 saturated heterocycles. The van der Waals surface area contributed by atoms with E-state index in [4.69, 9.17) is 11.6 Å². The summed E-state index contributed by atoms with van der Waals surface area (Å²) in [4.78, 5) is 28.3. The topological polar surface area (TPSA) is 73.3 Å². The molecule has 0 bridgehead atoms. The molecular weight excluding hydrogens is 520 g/mol. The number of piperidine rings is 1. The predicted molar refractivity (Wildman–Crippen MR) is 118 cm³/mol. The van der Waals surface area contributed by atoms with Gasteiger partial charge in [0, 0.05) is 56.5 Å². The fourth-order valence-corrected chi connectivity index (χ4v) is 4.41. The molecule has 3 rings (SSSR count). The zero-order chi connectivity index (χ0) is 26.9. The van der Waals surface area contributed by atoms with E-state index in [1.165, 1.54) is 0 Å². The number of carbonyl (C=O) groups excluding carboxylic acids is 1. The Morgan fingerprint density at radius 2 is 1.58 bits per heavy atom. The number of aliphatic carboxylic acids is 1. The third-order valence-electron chi connectivity index (χ3n) is 6.61. The number of rotatable bonds is 5. The molecule has 2 fully saturated rings. The van der Waals surface area contributed by atoms with Crippen LogP contribution in [0.1, 0.15) is 25.3 Å². The summed E-state index contributed by atoms with van der Waals surface area (Å²) in [6, 6.07) is 5.30. The highest BCUT2D eigenvalue weighted by Gasteiger charge is 2.60. The minimum Gasteiger partial charge on any atom is -0.481 e. The van der Waals surface area contributed by atoms with Gasteiger partial charge in [0.15, 0.2) is 0 Å². The van der Waals surface area contributed by atoms with Crippen LogP contribution in [0.2, 0.25) is 5.02 Å². The predicted octanol–water partition coefficient (Wildman–Crippen LogP) is 4.78. The molecule has 0 unspecified atom stereocenters. The first-order chi connectivity index (χ1) is 16.6. The van der Waals surface area contributed by atoms with Crippen molar-refractivity contribution in [3.8, 4) is 0 Å². The molecule has 2 aliphatic heterocycles. The number of ether oxygens (including phenoxy) is 1. The van der Waals surface area contributed by atoms with Crippen molar-refractivity contribution in [3.05, 3.63) is 28.8 Å². The van der Waals surface area contributed by atoms with Crippen molar-refractivity contribution in [2.24, 2.45) is 5.41 Å². The van der Waals surface area contributed by atoms with E-state index in [9.17, 15) is 41.0 Å². The average Bonchev–Trinajstić information content (AvgIpc) is 2.78. The van der Waals surface area contributed by atoms with Gasteiger partial charge >= 0.3 is 24.4 Å². The van der Waals surface area contributed by atoms with Gasteiger partial charge in [-0.1, -0.05) is 17.7 Å². The monoisotopic (exact) mass is 545 g/mol. The third kappa shape index (κ3) is 6.67. The number of piperazine rings is 1. The number of carbonyl (C=O) groups is 2. The van der Waals surface area contributed by atoms with Crippen LogP contribution < -0.4 is 4.90 Å². The molecule has 0 radical (unpaired) electrons. The van der Waals surface area contributed by atoms with E-state index >= 15 is 0 Å². The van der Waals surface area contributed by atoms with Gasteiger partial charge in [0.1, 0.15) is 0 Å². The number of hydrogen-bond acceptors (Lipinski definition) is 5. The molecule has 202 valence electrons. The summed E-state index contributed by atoms with van der Waals surface area (Å²) in [7, 11) is 0. The van der Waals surface area contributed by atoms with Gasteiger partial charge in [-0.3, -0.25) is 9.69 Å². The molecule has 1 aromatic carbocycles. The number of anilines is 1. The molecule has 0 saturated carbocycles. The number of alkyl halides is 6. The normalized spacial score (nSPS) is 19.5. The lowest BCUT2D eigenvalue weighted by Crippen LogP contribution is -2.52. The quantitative estimate of drug-likeness (QED) is 0.537. The lowest BCUT2D eigenvalue weighted by atomic mass is 9.80. The van der Waals surface area contributed by atoms with Crippen LogP contribution in [0.5, 0.6) is 0 Å². The second-order valence-corrected chi connectivity index (χ2v) is 9.67. The minimum atomic E-state index is -5.77. The van der Waals surface area contributed by atoms with Crippen molar-refractivity contribution >= 4 is 29.4 Å². The van der Waals surface area contributed by atoms with E-state index in [-0.39, 0.29) is 26.2 Å². The zero-order valence-corrected chi connectivity index (χ0v) is 20.1. The Kier molecular flexibility index (Phi) is 8.23. The van der Waals surface area contributed by atoms with Gasteiger partial charge in [0.25, 0.3) is 6.10 Å². The van der Waals surface area contributed by atoms with Crippen molar-refractivity contribution < 1.29 is 45.8 Å². The number of benzene rings is 1. The molecule has 0 atom stereocenters. The Hall–Kier alpha value is -2.41. The largest absolute Gasteiger partial charge is 0.481 e. The molecule has 1 amide bonds. The Labute approximate surface area is 208 Å². The van der Waals surface area contributed by atoms with Crippen LogP contribution in [-0.4, -0.2) is 84.7 Å². The summed E-state index contributed by atoms with van der Waals surface area (Å²) in [6.45, 7) is 3.33. The molecule has 0 spiro atoms. The van der Waals surface area contributed by atoms with Crippen LogP contribution in [0.15, 0.2) is 18.2 Å². The second kappa shape index (κ2) is 10.5. The first-order valence-electron chi connectivity index (χ1n) is 11.2. The van der Waals surface area contributed by atoms with Crippen LogP contribution in [0.4, 0.5) is 36.8 Å². The number of amides is 1. The summed E-state index contributed by atoms with van der Waals surface area (Å²) in [6.07, 6.45) is -16.5. The van der Waals surface area contributed by atoms with E-state index in [1.807, 2.05) is 15.9 Å². The van der Waals surface area contributed by atoms with Gasteiger partial charge in [0.2, 0.25) is 0 Å². The Morgan fingerprint density at radius 3 is 2.08 bits per heavy atom. The summed E-state index contributed by atoms with van der Waals surface area (Å²) in [5.41, 5.74) is 0.899. The molecule has 2 aliphatic rings. The van der Waals surface area contributed by atoms with Crippen LogP contribution in [0.3, 0.4) is 0 Å². The lowest BCUT2D eigenvalue weighted by Gasteiger charge is -2.39. The van der Waals surface area contributed by atoms with Crippen molar-refractivity contribution in [2.75, 3.05) is 44.2 Å². The van der Waals surface area contributed by atoms with E-state index in [2.05, 4.69) is 4.74 Å². The molecule has 7 nitrogen and oxygen atoms in total. The summed E-state index contributed by atoms with van der Waals surface area (Å²) < 4.78 is 79.9. The van der Waals surface area contributed by atoms with E-state index in [1.54, 1.807) is 19.1 Å². The van der Waals surface area contributed by atoms with Crippen LogP contribution in [0, 0.1) is 5.41 Å². The van der Waals surface area contributed by atoms with Crippen LogP contribution in [-0.2, 0) is 16.1 Å². The fourth-order valence-electron chi connectivity index (χ4n) is 4.24. The van der Waals surface area contributed by atoms with E-state index in [0.29, 0.717) is 37.5 Å². The highest BCUT2D eigenvalue weighted by atomic mass is 35.5. The van der Waals surface area contributed by atoms with E-state index in [0.717, 1.165) is 16.2 Å². The van der Waals surface area contributed by atoms with Gasteiger partial charge in [-0.25, -0.2) is 4.79 Å². The molecule has 14 heteroatoms. The van der Waals surface area contributed by atoms with Crippen LogP contribution >= 0.6 is 11.6 Å². The van der Waals surface area contributed by atoms with Crippen molar-refractivity contribution in [3.63, 3.8) is 0 Å². The van der Waals surface area contributed by atoms with Gasteiger partial charge in [-0.2, -0.15) is 26.3 Å². The van der Waals surface area contributed by atoms with Crippen molar-refractivity contribution in [1.82, 2.24) is 9.80 Å². The highest BCUT2D eigenvalue weighted by Crippen LogP contribution is 2.37. The molecule has 2 heterocycles. The Bertz CT molecular complexity index is 944. The second-order valence-electron chi connectivity index (χ2n) is 9.24. The number of carboxylic acid groups (broad SMARTS) is 1. The summed E-state index contributed by atoms with van der Waals surface area (Å²) in [5.74, 6) is -0.846. The number of halogens is 7. The smallest absolute Gasteiger partial charge is 0.434 e. The average molecular weight is 546 g/mol. The first kappa shape index (κ1) is 28.2. The third-order valence-corrected chi connectivity index (χ3v) is 6.84. The van der Waals surface area contributed by atoms with Gasteiger partial charge in [-0.15, -0.1) is 0 Å². The van der Waals surface area contributed by atoms with Crippen molar-refractivity contribution in [2.45, 2.75) is 44.8 Å². The lowest BCUT2D eigenvalue weighted by molar-refractivity contribution is -0.308. The standard InChI is InChI=1S/C22H26ClF6N3O4/c1-20(18(33)34)4-6-31(7-5-20)16-12-15(23)3-2-14(16)13-30-8-10-32(11-9-30)19(35)36-17(21(24,25)26)22(27,28)29/h2-3,12,17H,4-11,13H2,1H3,(H,33,34).